The highest BCUT2D eigenvalue weighted by molar-refractivity contribution is 5.95. The Kier molecular flexibility index (Phi) is 3.18. The molecule has 2 saturated heterocycles. The molecule has 4 aliphatic rings. The van der Waals surface area contributed by atoms with Crippen LogP contribution >= 0.6 is 0 Å². The third-order valence-electron chi connectivity index (χ3n) is 6.31. The fourth-order valence-corrected chi connectivity index (χ4v) is 5.12. The first-order chi connectivity index (χ1) is 13.7. The van der Waals surface area contributed by atoms with E-state index in [1.807, 2.05) is 30.3 Å². The molecule has 28 heavy (non-hydrogen) atoms. The van der Waals surface area contributed by atoms with Gasteiger partial charge in [0.15, 0.2) is 11.5 Å². The summed E-state index contributed by atoms with van der Waals surface area (Å²) in [6, 6.07) is 13.3. The van der Waals surface area contributed by atoms with E-state index in [9.17, 15) is 9.59 Å². The quantitative estimate of drug-likeness (QED) is 0.792. The topological polar surface area (TPSA) is 79.9 Å². The highest BCUT2D eigenvalue weighted by atomic mass is 16.7. The minimum Gasteiger partial charge on any atom is -0.454 e. The zero-order valence-electron chi connectivity index (χ0n) is 15.1. The monoisotopic (exact) mass is 377 g/mol. The van der Waals surface area contributed by atoms with Gasteiger partial charge in [0.1, 0.15) is 6.04 Å². The average molecular weight is 377 g/mol. The van der Waals surface area contributed by atoms with Crippen LogP contribution in [0.1, 0.15) is 29.5 Å². The highest BCUT2D eigenvalue weighted by Gasteiger charge is 2.53. The predicted octanol–water partition coefficient (Wildman–Crippen LogP) is 1.76. The fraction of sp³-hybridized carbons (Fsp3) is 0.333. The number of amides is 2. The third-order valence-corrected chi connectivity index (χ3v) is 6.31. The van der Waals surface area contributed by atoms with Gasteiger partial charge in [-0.05, 0) is 35.7 Å². The van der Waals surface area contributed by atoms with E-state index in [0.29, 0.717) is 17.9 Å². The summed E-state index contributed by atoms with van der Waals surface area (Å²) >= 11 is 0. The Morgan fingerprint density at radius 3 is 2.82 bits per heavy atom. The van der Waals surface area contributed by atoms with E-state index < -0.39 is 6.04 Å². The number of nitrogens with zero attached hydrogens (tertiary/aromatic N) is 1. The molecule has 4 heterocycles. The van der Waals surface area contributed by atoms with Gasteiger partial charge >= 0.3 is 0 Å². The maximum atomic E-state index is 12.9. The van der Waals surface area contributed by atoms with Gasteiger partial charge in [-0.2, -0.15) is 0 Å². The molecule has 2 aromatic rings. The average Bonchev–Trinajstić information content (AvgIpc) is 3.33. The fourth-order valence-electron chi connectivity index (χ4n) is 5.12. The van der Waals surface area contributed by atoms with Crippen LogP contribution in [0.5, 0.6) is 11.5 Å². The third kappa shape index (κ3) is 2.10. The Morgan fingerprint density at radius 1 is 1.04 bits per heavy atom. The van der Waals surface area contributed by atoms with Crippen molar-refractivity contribution in [3.63, 3.8) is 0 Å². The highest BCUT2D eigenvalue weighted by Crippen LogP contribution is 2.51. The van der Waals surface area contributed by atoms with Crippen molar-refractivity contribution >= 4 is 17.5 Å². The molecule has 0 saturated carbocycles. The lowest BCUT2D eigenvalue weighted by molar-refractivity contribution is -0.152. The Balaban J connectivity index is 1.49. The lowest BCUT2D eigenvalue weighted by atomic mass is 9.76. The summed E-state index contributed by atoms with van der Waals surface area (Å²) in [4.78, 5) is 27.3. The number of benzene rings is 2. The molecule has 2 fully saturated rings. The largest absolute Gasteiger partial charge is 0.454 e. The van der Waals surface area contributed by atoms with E-state index in [4.69, 9.17) is 9.47 Å². The number of hydrogen-bond donors (Lipinski definition) is 2. The number of anilines is 1. The summed E-state index contributed by atoms with van der Waals surface area (Å²) in [5.41, 5.74) is 3.24. The molecule has 2 aromatic carbocycles. The number of rotatable bonds is 1. The van der Waals surface area contributed by atoms with Crippen molar-refractivity contribution in [1.29, 1.82) is 0 Å². The molecule has 0 spiro atoms. The molecule has 142 valence electrons. The minimum absolute atomic E-state index is 0.00358. The van der Waals surface area contributed by atoms with Gasteiger partial charge in [0, 0.05) is 11.6 Å². The summed E-state index contributed by atoms with van der Waals surface area (Å²) < 4.78 is 11.0. The zero-order valence-corrected chi connectivity index (χ0v) is 15.1. The molecule has 0 bridgehead atoms. The molecule has 0 aliphatic carbocycles. The van der Waals surface area contributed by atoms with Crippen molar-refractivity contribution in [2.45, 2.75) is 30.5 Å². The summed E-state index contributed by atoms with van der Waals surface area (Å²) in [6.45, 7) is 0.244. The van der Waals surface area contributed by atoms with Crippen LogP contribution in [-0.4, -0.2) is 42.1 Å². The number of ether oxygens (including phenoxy) is 2. The Labute approximate surface area is 161 Å². The van der Waals surface area contributed by atoms with Gasteiger partial charge in [0.25, 0.3) is 0 Å². The first-order valence-corrected chi connectivity index (χ1v) is 9.54. The molecular formula is C21H19N3O4. The SMILES string of the molecule is O=C1NCC(=O)N2C1CC1c3ccccc3NC1C2c1ccc2c(c1)OCO2. The van der Waals surface area contributed by atoms with E-state index >= 15 is 0 Å². The van der Waals surface area contributed by atoms with Crippen LogP contribution in [0, 0.1) is 0 Å². The van der Waals surface area contributed by atoms with Crippen molar-refractivity contribution < 1.29 is 19.1 Å². The van der Waals surface area contributed by atoms with Crippen LogP contribution < -0.4 is 20.1 Å². The number of nitrogens with one attached hydrogen (secondary N) is 2. The molecule has 4 atom stereocenters. The van der Waals surface area contributed by atoms with Gasteiger partial charge in [0.2, 0.25) is 18.6 Å². The number of piperazine rings is 1. The second-order valence-electron chi connectivity index (χ2n) is 7.69. The Hall–Kier alpha value is -3.22. The second-order valence-corrected chi connectivity index (χ2v) is 7.69. The van der Waals surface area contributed by atoms with Crippen LogP contribution in [0.4, 0.5) is 5.69 Å². The lowest BCUT2D eigenvalue weighted by Gasteiger charge is -2.49. The predicted molar refractivity (Wildman–Crippen MR) is 100 cm³/mol. The summed E-state index contributed by atoms with van der Waals surface area (Å²) in [7, 11) is 0. The number of carbonyl (C=O) groups is 2. The molecule has 0 aromatic heterocycles. The molecule has 2 amide bonds. The van der Waals surface area contributed by atoms with Crippen molar-refractivity contribution in [3.8, 4) is 11.5 Å². The lowest BCUT2D eigenvalue weighted by Crippen LogP contribution is -2.64. The van der Waals surface area contributed by atoms with Crippen LogP contribution in [0.3, 0.4) is 0 Å². The number of para-hydroxylation sites is 1. The van der Waals surface area contributed by atoms with Gasteiger partial charge in [-0.3, -0.25) is 9.59 Å². The van der Waals surface area contributed by atoms with Crippen molar-refractivity contribution in [2.75, 3.05) is 18.7 Å². The smallest absolute Gasteiger partial charge is 0.243 e. The van der Waals surface area contributed by atoms with Gasteiger partial charge in [0.05, 0.1) is 18.6 Å². The number of piperidine rings is 1. The normalized spacial score (nSPS) is 29.5. The van der Waals surface area contributed by atoms with Crippen molar-refractivity contribution in [2.24, 2.45) is 0 Å². The maximum absolute atomic E-state index is 12.9. The van der Waals surface area contributed by atoms with Gasteiger partial charge in [-0.1, -0.05) is 24.3 Å². The summed E-state index contributed by atoms with van der Waals surface area (Å²) in [6.07, 6.45) is 0.618. The van der Waals surface area contributed by atoms with Crippen molar-refractivity contribution in [3.05, 3.63) is 53.6 Å². The summed E-state index contributed by atoms with van der Waals surface area (Å²) in [5.74, 6) is 1.42. The van der Waals surface area contributed by atoms with E-state index in [1.54, 1.807) is 4.90 Å². The van der Waals surface area contributed by atoms with E-state index in [1.165, 1.54) is 5.56 Å². The standard InChI is InChI=1S/C21H19N3O4/c25-18-9-22-21(26)15-8-13-12-3-1-2-4-14(12)23-19(13)20(24(15)18)11-5-6-16-17(7-11)28-10-27-16/h1-7,13,15,19-20,23H,8-10H2,(H,22,26). The molecule has 4 unspecified atom stereocenters. The minimum atomic E-state index is -0.467. The van der Waals surface area contributed by atoms with E-state index in [-0.39, 0.29) is 43.2 Å². The summed E-state index contributed by atoms with van der Waals surface area (Å²) in [5, 5.41) is 6.38. The maximum Gasteiger partial charge on any atom is 0.243 e. The molecule has 6 rings (SSSR count). The van der Waals surface area contributed by atoms with Crippen LogP contribution in [0.25, 0.3) is 0 Å². The van der Waals surface area contributed by atoms with Gasteiger partial charge in [-0.15, -0.1) is 0 Å². The number of fused-ring (bicyclic) bond motifs is 5. The van der Waals surface area contributed by atoms with E-state index in [2.05, 4.69) is 22.8 Å². The first kappa shape index (κ1) is 15.8. The van der Waals surface area contributed by atoms with Crippen LogP contribution in [0.15, 0.2) is 42.5 Å². The molecule has 7 nitrogen and oxygen atoms in total. The number of carbonyl (C=O) groups excluding carboxylic acids is 2. The molecule has 4 aliphatic heterocycles. The molecular weight excluding hydrogens is 358 g/mol. The molecule has 2 N–H and O–H groups in total. The van der Waals surface area contributed by atoms with Gasteiger partial charge in [-0.25, -0.2) is 0 Å². The second kappa shape index (κ2) is 5.64. The first-order valence-electron chi connectivity index (χ1n) is 9.54. The van der Waals surface area contributed by atoms with Crippen LogP contribution in [-0.2, 0) is 9.59 Å². The Bertz CT molecular complexity index is 1010. The molecule has 7 heteroatoms. The molecule has 0 radical (unpaired) electrons. The van der Waals surface area contributed by atoms with E-state index in [0.717, 1.165) is 11.3 Å². The van der Waals surface area contributed by atoms with Crippen molar-refractivity contribution in [1.82, 2.24) is 10.2 Å². The zero-order chi connectivity index (χ0) is 18.8. The Morgan fingerprint density at radius 2 is 1.89 bits per heavy atom. The van der Waals surface area contributed by atoms with Gasteiger partial charge < -0.3 is 25.0 Å². The number of hydrogen-bond acceptors (Lipinski definition) is 5. The van der Waals surface area contributed by atoms with Crippen LogP contribution in [0.2, 0.25) is 0 Å².